The van der Waals surface area contributed by atoms with Crippen LogP contribution in [0.1, 0.15) is 26.2 Å². The van der Waals surface area contributed by atoms with Gasteiger partial charge in [-0.1, -0.05) is 6.92 Å². The van der Waals surface area contributed by atoms with Crippen molar-refractivity contribution in [2.45, 2.75) is 32.2 Å². The second-order valence-corrected chi connectivity index (χ2v) is 4.26. The Balaban J connectivity index is 2.43. The van der Waals surface area contributed by atoms with E-state index >= 15 is 0 Å². The fourth-order valence-corrected chi connectivity index (χ4v) is 2.03. The Hall–Kier alpha value is -1.34. The van der Waals surface area contributed by atoms with Crippen LogP contribution in [0.3, 0.4) is 0 Å². The maximum absolute atomic E-state index is 11.9. The van der Waals surface area contributed by atoms with E-state index in [0.717, 1.165) is 32.4 Å². The summed E-state index contributed by atoms with van der Waals surface area (Å²) in [6.45, 7) is 3.91. The summed E-state index contributed by atoms with van der Waals surface area (Å²) in [7, 11) is 0. The molecule has 0 unspecified atom stereocenters. The lowest BCUT2D eigenvalue weighted by Crippen LogP contribution is -2.50. The quantitative estimate of drug-likeness (QED) is 0.592. The molecule has 2 amide bonds. The molecule has 0 saturated carbocycles. The number of nitrogens with one attached hydrogen (secondary N) is 2. The molecule has 0 aromatic carbocycles. The highest BCUT2D eigenvalue weighted by molar-refractivity contribution is 5.74. The zero-order valence-electron chi connectivity index (χ0n) is 10.6. The van der Waals surface area contributed by atoms with Gasteiger partial charge in [-0.05, 0) is 32.4 Å². The van der Waals surface area contributed by atoms with Crippen LogP contribution in [-0.4, -0.2) is 54.3 Å². The number of amides is 2. The van der Waals surface area contributed by atoms with Gasteiger partial charge in [0.2, 0.25) is 0 Å². The van der Waals surface area contributed by atoms with E-state index in [9.17, 15) is 9.59 Å². The number of carbonyl (C=O) groups is 2. The van der Waals surface area contributed by atoms with E-state index in [1.165, 1.54) is 0 Å². The summed E-state index contributed by atoms with van der Waals surface area (Å²) in [5.41, 5.74) is 2.18. The van der Waals surface area contributed by atoms with Gasteiger partial charge >= 0.3 is 12.0 Å². The molecule has 3 N–H and O–H groups in total. The summed E-state index contributed by atoms with van der Waals surface area (Å²) in [4.78, 5) is 28.5. The van der Waals surface area contributed by atoms with Crippen LogP contribution in [0.5, 0.6) is 0 Å². The molecule has 1 fully saturated rings. The molecule has 1 rings (SSSR count). The summed E-state index contributed by atoms with van der Waals surface area (Å²) >= 11 is 0. The highest BCUT2D eigenvalue weighted by Crippen LogP contribution is 2.12. The Labute approximate surface area is 106 Å². The molecule has 1 heterocycles. The van der Waals surface area contributed by atoms with Crippen molar-refractivity contribution < 1.29 is 19.5 Å². The van der Waals surface area contributed by atoms with Gasteiger partial charge in [-0.2, -0.15) is 0 Å². The minimum atomic E-state index is -1.11. The Morgan fingerprint density at radius 2 is 2.11 bits per heavy atom. The maximum atomic E-state index is 11.9. The molecule has 0 spiro atoms. The van der Waals surface area contributed by atoms with Crippen molar-refractivity contribution in [1.82, 2.24) is 15.7 Å². The summed E-state index contributed by atoms with van der Waals surface area (Å²) < 4.78 is 0. The topological polar surface area (TPSA) is 90.9 Å². The Bertz CT molecular complexity index is 279. The molecule has 0 aliphatic carbocycles. The van der Waals surface area contributed by atoms with Gasteiger partial charge < -0.3 is 15.3 Å². The Morgan fingerprint density at radius 1 is 1.44 bits per heavy atom. The average molecular weight is 259 g/mol. The number of nitrogens with zero attached hydrogens (tertiary/aromatic N) is 1. The summed E-state index contributed by atoms with van der Waals surface area (Å²) in [6.07, 6.45) is 2.68. The van der Waals surface area contributed by atoms with Gasteiger partial charge in [-0.15, -0.1) is 0 Å². The molecule has 0 bridgehead atoms. The lowest BCUT2D eigenvalue weighted by molar-refractivity contribution is -0.144. The van der Waals surface area contributed by atoms with Crippen LogP contribution >= 0.6 is 0 Å². The molecule has 18 heavy (non-hydrogen) atoms. The predicted octanol–water partition coefficient (Wildman–Crippen LogP) is 0.176. The van der Waals surface area contributed by atoms with Crippen LogP contribution in [0.2, 0.25) is 0 Å². The molecule has 0 atom stereocenters. The van der Waals surface area contributed by atoms with E-state index in [1.54, 1.807) is 4.90 Å². The number of aliphatic carboxylic acids is 1. The van der Waals surface area contributed by atoms with E-state index in [-0.39, 0.29) is 12.1 Å². The number of hydrogen-bond acceptors (Lipinski definition) is 4. The van der Waals surface area contributed by atoms with Crippen LogP contribution in [0, 0.1) is 0 Å². The Morgan fingerprint density at radius 3 is 2.67 bits per heavy atom. The first-order valence-corrected chi connectivity index (χ1v) is 6.26. The molecule has 0 aromatic rings. The minimum Gasteiger partial charge on any atom is -0.479 e. The molecule has 1 aliphatic rings. The third-order valence-electron chi connectivity index (χ3n) is 2.83. The monoisotopic (exact) mass is 259 g/mol. The van der Waals surface area contributed by atoms with E-state index < -0.39 is 12.6 Å². The van der Waals surface area contributed by atoms with Crippen molar-refractivity contribution >= 4 is 12.0 Å². The molecule has 7 heteroatoms. The highest BCUT2D eigenvalue weighted by Gasteiger charge is 2.24. The van der Waals surface area contributed by atoms with Crippen LogP contribution in [0.15, 0.2) is 0 Å². The smallest absolute Gasteiger partial charge is 0.341 e. The van der Waals surface area contributed by atoms with Crippen LogP contribution in [0.4, 0.5) is 4.79 Å². The van der Waals surface area contributed by atoms with Gasteiger partial charge in [0.25, 0.3) is 0 Å². The van der Waals surface area contributed by atoms with Gasteiger partial charge in [0.1, 0.15) is 0 Å². The minimum absolute atomic E-state index is 0.194. The average Bonchev–Trinajstić information content (AvgIpc) is 2.36. The highest BCUT2D eigenvalue weighted by atomic mass is 16.7. The largest absolute Gasteiger partial charge is 0.479 e. The second-order valence-electron chi connectivity index (χ2n) is 4.26. The van der Waals surface area contributed by atoms with Crippen molar-refractivity contribution in [3.05, 3.63) is 0 Å². The molecule has 0 aromatic heterocycles. The first kappa shape index (κ1) is 14.7. The lowest BCUT2D eigenvalue weighted by atomic mass is 10.1. The van der Waals surface area contributed by atoms with Crippen LogP contribution < -0.4 is 10.8 Å². The summed E-state index contributed by atoms with van der Waals surface area (Å²) in [5, 5.41) is 11.7. The number of hydroxylamine groups is 1. The summed E-state index contributed by atoms with van der Waals surface area (Å²) in [6, 6.07) is -0.162. The molecule has 0 radical (unpaired) electrons. The fraction of sp³-hybridized carbons (Fsp3) is 0.818. The lowest BCUT2D eigenvalue weighted by Gasteiger charge is -2.34. The standard InChI is InChI=1S/C11H21N3O4/c1-2-7-14(9-3-5-12-6-4-9)11(17)13-18-8-10(15)16/h9,12H,2-8H2,1H3,(H,13,17)(H,15,16). The van der Waals surface area contributed by atoms with Crippen molar-refractivity contribution in [3.63, 3.8) is 0 Å². The van der Waals surface area contributed by atoms with Gasteiger partial charge in [-0.3, -0.25) is 4.84 Å². The van der Waals surface area contributed by atoms with Crippen LogP contribution in [0.25, 0.3) is 0 Å². The normalized spacial score (nSPS) is 16.3. The first-order valence-electron chi connectivity index (χ1n) is 6.26. The number of piperidine rings is 1. The van der Waals surface area contributed by atoms with Crippen LogP contribution in [-0.2, 0) is 9.63 Å². The maximum Gasteiger partial charge on any atom is 0.341 e. The zero-order valence-corrected chi connectivity index (χ0v) is 10.6. The predicted molar refractivity (Wildman–Crippen MR) is 65.0 cm³/mol. The Kier molecular flexibility index (Phi) is 6.45. The SMILES string of the molecule is CCCN(C(=O)NOCC(=O)O)C1CCNCC1. The molecule has 104 valence electrons. The van der Waals surface area contributed by atoms with E-state index in [0.29, 0.717) is 6.54 Å². The van der Waals surface area contributed by atoms with Gasteiger partial charge in [-0.25, -0.2) is 15.1 Å². The first-order chi connectivity index (χ1) is 8.65. The van der Waals surface area contributed by atoms with Crippen molar-refractivity contribution in [1.29, 1.82) is 0 Å². The second kappa shape index (κ2) is 7.88. The number of carboxylic acid groups (broad SMARTS) is 1. The third-order valence-corrected chi connectivity index (χ3v) is 2.83. The molecule has 7 nitrogen and oxygen atoms in total. The summed E-state index contributed by atoms with van der Waals surface area (Å²) in [5.74, 6) is -1.11. The number of carbonyl (C=O) groups excluding carboxylic acids is 1. The number of hydrogen-bond donors (Lipinski definition) is 3. The fourth-order valence-electron chi connectivity index (χ4n) is 2.03. The van der Waals surface area contributed by atoms with Crippen molar-refractivity contribution in [3.8, 4) is 0 Å². The molecular formula is C11H21N3O4. The number of rotatable bonds is 6. The van der Waals surface area contributed by atoms with Crippen molar-refractivity contribution in [2.75, 3.05) is 26.2 Å². The third kappa shape index (κ3) is 4.89. The number of urea groups is 1. The van der Waals surface area contributed by atoms with Crippen molar-refractivity contribution in [2.24, 2.45) is 0 Å². The zero-order chi connectivity index (χ0) is 13.4. The van der Waals surface area contributed by atoms with E-state index in [4.69, 9.17) is 5.11 Å². The van der Waals surface area contributed by atoms with Gasteiger partial charge in [0.15, 0.2) is 6.61 Å². The molecular weight excluding hydrogens is 238 g/mol. The molecule has 1 saturated heterocycles. The van der Waals surface area contributed by atoms with E-state index in [1.807, 2.05) is 6.92 Å². The number of carboxylic acids is 1. The molecule has 1 aliphatic heterocycles. The van der Waals surface area contributed by atoms with E-state index in [2.05, 4.69) is 15.6 Å². The van der Waals surface area contributed by atoms with Gasteiger partial charge in [0, 0.05) is 12.6 Å². The van der Waals surface area contributed by atoms with Gasteiger partial charge in [0.05, 0.1) is 0 Å².